The van der Waals surface area contributed by atoms with Crippen LogP contribution < -0.4 is 10.7 Å². The van der Waals surface area contributed by atoms with E-state index in [0.29, 0.717) is 22.5 Å². The summed E-state index contributed by atoms with van der Waals surface area (Å²) >= 11 is 0. The molecular formula is C22H18N4. The van der Waals surface area contributed by atoms with Gasteiger partial charge < -0.3 is 0 Å². The Labute approximate surface area is 152 Å². The molecule has 4 rings (SSSR count). The molecule has 0 amide bonds. The summed E-state index contributed by atoms with van der Waals surface area (Å²) in [6, 6.07) is 1.91. The number of fused-ring (bicyclic) bond motifs is 1. The second kappa shape index (κ2) is 6.55. The molecule has 1 N–H and O–H groups in total. The van der Waals surface area contributed by atoms with E-state index in [1.807, 2.05) is 6.07 Å². The third-order valence-electron chi connectivity index (χ3n) is 5.08. The van der Waals surface area contributed by atoms with Gasteiger partial charge in [-0.1, -0.05) is 24.5 Å². The summed E-state index contributed by atoms with van der Waals surface area (Å²) in [5, 5.41) is 8.68. The van der Waals surface area contributed by atoms with E-state index in [4.69, 9.17) is 11.8 Å². The molecule has 2 aromatic heterocycles. The van der Waals surface area contributed by atoms with Gasteiger partial charge in [0, 0.05) is 46.9 Å². The number of pyridine rings is 1. The van der Waals surface area contributed by atoms with Crippen LogP contribution in [0.15, 0.2) is 36.3 Å². The van der Waals surface area contributed by atoms with Crippen molar-refractivity contribution in [2.45, 2.75) is 25.7 Å². The number of rotatable bonds is 1. The van der Waals surface area contributed by atoms with E-state index in [-0.39, 0.29) is 0 Å². The Kier molecular flexibility index (Phi) is 4.08. The van der Waals surface area contributed by atoms with Crippen LogP contribution in [0.1, 0.15) is 36.1 Å². The van der Waals surface area contributed by atoms with E-state index in [9.17, 15) is 0 Å². The Balaban J connectivity index is 2.02. The molecule has 0 aliphatic heterocycles. The molecule has 0 aromatic carbocycles. The molecule has 2 aliphatic rings. The minimum Gasteiger partial charge on any atom is -0.259 e. The Morgan fingerprint density at radius 1 is 1.15 bits per heavy atom. The Hall–Kier alpha value is -3.28. The largest absolute Gasteiger partial charge is 0.259 e. The summed E-state index contributed by atoms with van der Waals surface area (Å²) in [6.07, 6.45) is 17.2. The van der Waals surface area contributed by atoms with Gasteiger partial charge >= 0.3 is 0 Å². The lowest BCUT2D eigenvalue weighted by Gasteiger charge is -2.28. The Morgan fingerprint density at radius 3 is 2.54 bits per heavy atom. The summed E-state index contributed by atoms with van der Waals surface area (Å²) in [7, 11) is 0. The van der Waals surface area contributed by atoms with E-state index in [1.54, 1.807) is 18.6 Å². The SMILES string of the molecule is C#Cc1cnc2c(c1)C(=C=N)C(=c1ncc(=C)cn1)C=C(C1CCC1)C2. The van der Waals surface area contributed by atoms with Crippen molar-refractivity contribution in [3.05, 3.63) is 63.8 Å². The lowest BCUT2D eigenvalue weighted by atomic mass is 9.78. The summed E-state index contributed by atoms with van der Waals surface area (Å²) in [5.41, 5.74) is 5.80. The average Bonchev–Trinajstić information content (AvgIpc) is 2.76. The molecule has 1 fully saturated rings. The first kappa shape index (κ1) is 16.2. The van der Waals surface area contributed by atoms with Crippen LogP contribution in [0.5, 0.6) is 0 Å². The van der Waals surface area contributed by atoms with Crippen LogP contribution in [0, 0.1) is 23.7 Å². The van der Waals surface area contributed by atoms with Crippen molar-refractivity contribution in [3.63, 3.8) is 0 Å². The summed E-state index contributed by atoms with van der Waals surface area (Å²) in [6.45, 7) is 3.85. The second-order valence-electron chi connectivity index (χ2n) is 6.72. The minimum atomic E-state index is 0.559. The van der Waals surface area contributed by atoms with Crippen molar-refractivity contribution in [2.24, 2.45) is 5.92 Å². The monoisotopic (exact) mass is 338 g/mol. The summed E-state index contributed by atoms with van der Waals surface area (Å²) in [4.78, 5) is 13.5. The molecule has 0 bridgehead atoms. The topological polar surface area (TPSA) is 62.5 Å². The fraction of sp³-hybridized carbons (Fsp3) is 0.227. The molecule has 4 heteroatoms. The second-order valence-corrected chi connectivity index (χ2v) is 6.72. The molecule has 0 unspecified atom stereocenters. The van der Waals surface area contributed by atoms with Crippen molar-refractivity contribution in [2.75, 3.05) is 0 Å². The van der Waals surface area contributed by atoms with Crippen molar-refractivity contribution in [3.8, 4) is 12.3 Å². The lowest BCUT2D eigenvalue weighted by Crippen LogP contribution is -2.20. The maximum atomic E-state index is 7.92. The van der Waals surface area contributed by atoms with E-state index >= 15 is 0 Å². The van der Waals surface area contributed by atoms with Crippen molar-refractivity contribution in [1.82, 2.24) is 15.0 Å². The molecule has 4 nitrogen and oxygen atoms in total. The fourth-order valence-corrected chi connectivity index (χ4v) is 3.42. The first-order valence-electron chi connectivity index (χ1n) is 8.67. The van der Waals surface area contributed by atoms with E-state index in [0.717, 1.165) is 28.5 Å². The van der Waals surface area contributed by atoms with Gasteiger partial charge in [-0.2, -0.15) is 0 Å². The molecule has 126 valence electrons. The predicted octanol–water partition coefficient (Wildman–Crippen LogP) is 2.03. The molecule has 0 radical (unpaired) electrons. The van der Waals surface area contributed by atoms with Gasteiger partial charge in [-0.25, -0.2) is 9.97 Å². The first-order chi connectivity index (χ1) is 12.7. The van der Waals surface area contributed by atoms with E-state index in [2.05, 4.69) is 39.4 Å². The summed E-state index contributed by atoms with van der Waals surface area (Å²) in [5.74, 6) is 5.78. The standard InChI is InChI=1S/C22H18N4/c1-3-15-7-18-20(10-23)19(22-25-11-14(2)12-26-22)8-17(16-5-4-6-16)9-21(18)24-13-15/h1,7-8,11-13,16,23H,2,4-6,9H2. The number of hydrogen-bond donors (Lipinski definition) is 1. The molecule has 1 saturated carbocycles. The molecular weight excluding hydrogens is 320 g/mol. The molecule has 0 atom stereocenters. The van der Waals surface area contributed by atoms with Crippen molar-refractivity contribution < 1.29 is 0 Å². The lowest BCUT2D eigenvalue weighted by molar-refractivity contribution is 0.362. The van der Waals surface area contributed by atoms with Crippen LogP contribution in [-0.4, -0.2) is 20.8 Å². The van der Waals surface area contributed by atoms with Crippen molar-refractivity contribution in [1.29, 1.82) is 5.41 Å². The van der Waals surface area contributed by atoms with Crippen LogP contribution in [-0.2, 0) is 6.42 Å². The zero-order valence-electron chi connectivity index (χ0n) is 14.4. The fourth-order valence-electron chi connectivity index (χ4n) is 3.42. The number of nitrogens with one attached hydrogen (secondary N) is 1. The molecule has 0 saturated heterocycles. The number of allylic oxidation sites excluding steroid dienone is 3. The number of nitrogens with zero attached hydrogens (tertiary/aromatic N) is 3. The van der Waals surface area contributed by atoms with Crippen LogP contribution in [0.25, 0.3) is 17.7 Å². The maximum absolute atomic E-state index is 7.92. The zero-order chi connectivity index (χ0) is 18.1. The van der Waals surface area contributed by atoms with Crippen LogP contribution in [0.3, 0.4) is 0 Å². The summed E-state index contributed by atoms with van der Waals surface area (Å²) < 4.78 is 0. The molecule has 2 aliphatic carbocycles. The number of aromatic nitrogens is 3. The Bertz CT molecular complexity index is 1100. The van der Waals surface area contributed by atoms with Gasteiger partial charge in [0.05, 0.1) is 11.3 Å². The Morgan fingerprint density at radius 2 is 1.92 bits per heavy atom. The minimum absolute atomic E-state index is 0.559. The van der Waals surface area contributed by atoms with Gasteiger partial charge in [-0.15, -0.1) is 6.42 Å². The highest BCUT2D eigenvalue weighted by Gasteiger charge is 2.27. The van der Waals surface area contributed by atoms with Gasteiger partial charge in [0.15, 0.2) is 5.48 Å². The predicted molar refractivity (Wildman–Crippen MR) is 103 cm³/mol. The van der Waals surface area contributed by atoms with Gasteiger partial charge in [-0.3, -0.25) is 10.4 Å². The quantitative estimate of drug-likeness (QED) is 0.639. The highest BCUT2D eigenvalue weighted by Crippen LogP contribution is 2.39. The van der Waals surface area contributed by atoms with Gasteiger partial charge in [-0.05, 0) is 36.8 Å². The van der Waals surface area contributed by atoms with Gasteiger partial charge in [0.25, 0.3) is 0 Å². The first-order valence-corrected chi connectivity index (χ1v) is 8.67. The van der Waals surface area contributed by atoms with Gasteiger partial charge in [0.1, 0.15) is 0 Å². The van der Waals surface area contributed by atoms with Crippen LogP contribution in [0.2, 0.25) is 0 Å². The average molecular weight is 338 g/mol. The maximum Gasteiger partial charge on any atom is 0.160 e. The molecule has 2 heterocycles. The molecule has 2 aromatic rings. The third kappa shape index (κ3) is 2.79. The molecule has 0 spiro atoms. The van der Waals surface area contributed by atoms with Crippen molar-refractivity contribution >= 4 is 23.6 Å². The third-order valence-corrected chi connectivity index (χ3v) is 5.08. The van der Waals surface area contributed by atoms with Crippen LogP contribution in [0.4, 0.5) is 0 Å². The highest BCUT2D eigenvalue weighted by atomic mass is 14.8. The highest BCUT2D eigenvalue weighted by molar-refractivity contribution is 6.14. The van der Waals surface area contributed by atoms with Crippen LogP contribution >= 0.6 is 0 Å². The number of hydrogen-bond acceptors (Lipinski definition) is 4. The van der Waals surface area contributed by atoms with E-state index < -0.39 is 0 Å². The molecule has 26 heavy (non-hydrogen) atoms. The number of terminal acetylenes is 1. The zero-order valence-corrected chi connectivity index (χ0v) is 14.4. The van der Waals surface area contributed by atoms with Gasteiger partial charge in [0.2, 0.25) is 0 Å². The normalized spacial score (nSPS) is 16.7. The van der Waals surface area contributed by atoms with E-state index in [1.165, 1.54) is 24.8 Å². The smallest absolute Gasteiger partial charge is 0.160 e.